The Morgan fingerprint density at radius 3 is 1.49 bits per heavy atom. The van der Waals surface area contributed by atoms with E-state index in [4.69, 9.17) is 11.5 Å². The van der Waals surface area contributed by atoms with Crippen LogP contribution in [-0.4, -0.2) is 112 Å². The van der Waals surface area contributed by atoms with Crippen molar-refractivity contribution in [2.75, 3.05) is 53.5 Å². The summed E-state index contributed by atoms with van der Waals surface area (Å²) in [7, 11) is 2.40. The molecule has 2 aliphatic carbocycles. The van der Waals surface area contributed by atoms with Crippen LogP contribution in [0.3, 0.4) is 0 Å². The Bertz CT molecular complexity index is 1190. The molecule has 2 aliphatic rings. The normalized spacial score (nSPS) is 15.1. The van der Waals surface area contributed by atoms with Crippen molar-refractivity contribution in [3.05, 3.63) is 0 Å². The second kappa shape index (κ2) is 24.6. The van der Waals surface area contributed by atoms with Crippen molar-refractivity contribution in [1.82, 2.24) is 31.5 Å². The number of unbranched alkanes of at least 4 members (excludes halogenated alkanes) is 3. The molecule has 2 rings (SSSR count). The first kappa shape index (κ1) is 44.5. The quantitative estimate of drug-likeness (QED) is 0.0533. The summed E-state index contributed by atoms with van der Waals surface area (Å²) < 4.78 is 9.13. The van der Waals surface area contributed by atoms with E-state index in [1.54, 1.807) is 0 Å². The van der Waals surface area contributed by atoms with Gasteiger partial charge in [0.2, 0.25) is 35.4 Å². The van der Waals surface area contributed by atoms with Gasteiger partial charge in [0.05, 0.1) is 14.2 Å². The lowest BCUT2D eigenvalue weighted by Gasteiger charge is -2.23. The molecule has 0 heterocycles. The summed E-state index contributed by atoms with van der Waals surface area (Å²) in [5, 5.41) is 13.1. The van der Waals surface area contributed by atoms with E-state index in [1.807, 2.05) is 0 Å². The highest BCUT2D eigenvalue weighted by atomic mass is 16.5. The maximum atomic E-state index is 13.3. The Labute approximate surface area is 311 Å². The number of amides is 8. The smallest absolute Gasteiger partial charge is 0.407 e. The van der Waals surface area contributed by atoms with Crippen LogP contribution in [0.2, 0.25) is 0 Å². The minimum Gasteiger partial charge on any atom is -0.453 e. The van der Waals surface area contributed by atoms with Gasteiger partial charge in [-0.05, 0) is 82.5 Å². The summed E-state index contributed by atoms with van der Waals surface area (Å²) in [6.07, 6.45) is 7.50. The summed E-state index contributed by atoms with van der Waals surface area (Å²) in [5.74, 6) is -2.24. The first-order valence-electron chi connectivity index (χ1n) is 18.7. The third-order valence-electron chi connectivity index (χ3n) is 9.47. The molecule has 2 fully saturated rings. The summed E-state index contributed by atoms with van der Waals surface area (Å²) >= 11 is 0. The number of hydrogen-bond donors (Lipinski definition) is 7. The maximum absolute atomic E-state index is 13.3. The third-order valence-corrected chi connectivity index (χ3v) is 9.47. The number of nitrogens with zero attached hydrogens (tertiary/aromatic N) is 1. The summed E-state index contributed by atoms with van der Waals surface area (Å²) in [6, 6.07) is -0.978. The van der Waals surface area contributed by atoms with Gasteiger partial charge in [-0.3, -0.25) is 28.8 Å². The van der Waals surface area contributed by atoms with Crippen molar-refractivity contribution in [3.8, 4) is 0 Å². The maximum Gasteiger partial charge on any atom is 0.407 e. The van der Waals surface area contributed by atoms with Crippen molar-refractivity contribution < 1.29 is 47.8 Å². The molecule has 0 aromatic rings. The Morgan fingerprint density at radius 1 is 0.604 bits per heavy atom. The summed E-state index contributed by atoms with van der Waals surface area (Å²) in [6.45, 7) is 0.0291. The van der Waals surface area contributed by atoms with Crippen molar-refractivity contribution in [2.24, 2.45) is 35.1 Å². The second-order valence-electron chi connectivity index (χ2n) is 13.8. The van der Waals surface area contributed by atoms with Crippen LogP contribution in [0.5, 0.6) is 0 Å². The molecule has 2 saturated carbocycles. The lowest BCUT2D eigenvalue weighted by atomic mass is 9.96. The van der Waals surface area contributed by atoms with Gasteiger partial charge >= 0.3 is 12.2 Å². The molecule has 0 aromatic heterocycles. The fourth-order valence-electron chi connectivity index (χ4n) is 6.12. The molecular weight excluding hydrogens is 692 g/mol. The fraction of sp³-hybridized carbons (Fsp3) is 0.771. The number of hydrogen-bond acceptors (Lipinski definition) is 10. The number of primary amides is 2. The average Bonchev–Trinajstić information content (AvgIpc) is 4.05. The zero-order valence-corrected chi connectivity index (χ0v) is 31.2. The highest BCUT2D eigenvalue weighted by Crippen LogP contribution is 2.39. The van der Waals surface area contributed by atoms with E-state index in [1.165, 1.54) is 7.11 Å². The van der Waals surface area contributed by atoms with Crippen LogP contribution >= 0.6 is 0 Å². The molecule has 0 aliphatic heterocycles. The average molecular weight is 753 g/mol. The molecule has 0 aromatic carbocycles. The van der Waals surface area contributed by atoms with E-state index in [0.29, 0.717) is 82.8 Å². The predicted octanol–water partition coefficient (Wildman–Crippen LogP) is 0.168. The first-order valence-corrected chi connectivity index (χ1v) is 18.7. The fourth-order valence-corrected chi connectivity index (χ4v) is 6.12. The van der Waals surface area contributed by atoms with Crippen molar-refractivity contribution in [2.45, 2.75) is 95.9 Å². The molecule has 0 bridgehead atoms. The van der Waals surface area contributed by atoms with Crippen LogP contribution in [0.1, 0.15) is 89.9 Å². The molecule has 8 amide bonds. The van der Waals surface area contributed by atoms with E-state index in [-0.39, 0.29) is 56.1 Å². The molecular formula is C35H60N8O10. The number of methoxy groups -OCH3 is 2. The van der Waals surface area contributed by atoms with Gasteiger partial charge in [0.25, 0.3) is 0 Å². The molecule has 300 valence electrons. The lowest BCUT2D eigenvalue weighted by Crippen LogP contribution is -2.49. The second-order valence-corrected chi connectivity index (χ2v) is 13.8. The predicted molar refractivity (Wildman–Crippen MR) is 192 cm³/mol. The van der Waals surface area contributed by atoms with Gasteiger partial charge in [-0.2, -0.15) is 0 Å². The summed E-state index contributed by atoms with van der Waals surface area (Å²) in [4.78, 5) is 99.5. The minimum absolute atomic E-state index is 0.134. The highest BCUT2D eigenvalue weighted by molar-refractivity contribution is 5.90. The molecule has 18 heteroatoms. The van der Waals surface area contributed by atoms with Crippen LogP contribution in [-0.2, 0) is 38.2 Å². The van der Waals surface area contributed by atoms with Crippen molar-refractivity contribution in [3.63, 3.8) is 0 Å². The number of rotatable bonds is 28. The molecule has 53 heavy (non-hydrogen) atoms. The van der Waals surface area contributed by atoms with Crippen LogP contribution < -0.4 is 38.1 Å². The minimum atomic E-state index is -0.978. The summed E-state index contributed by atoms with van der Waals surface area (Å²) in [5.41, 5.74) is 11.0. The molecule has 0 saturated heterocycles. The Morgan fingerprint density at radius 2 is 1.06 bits per heavy atom. The van der Waals surface area contributed by atoms with Gasteiger partial charge in [-0.25, -0.2) is 9.59 Å². The van der Waals surface area contributed by atoms with Crippen molar-refractivity contribution in [1.29, 1.82) is 0 Å². The lowest BCUT2D eigenvalue weighted by molar-refractivity contribution is -0.139. The molecule has 9 N–H and O–H groups in total. The molecule has 0 spiro atoms. The Kier molecular flexibility index (Phi) is 20.6. The number of nitrogens with one attached hydrogen (secondary N) is 5. The van der Waals surface area contributed by atoms with Crippen LogP contribution in [0.25, 0.3) is 0 Å². The number of nitrogens with two attached hydrogens (primary N) is 2. The standard InChI is InChI=1S/C35H60N8O10/c1-52-34(50)41-19-8-5-11-27(42-35(51)53-2)33(49)40-20-16-30(46)43(21-28(44)38-17-6-3-9-25(31(36)47)23-12-13-23)22-29(45)39-18-7-4-10-26(32(37)48)24-14-15-24/h23-27H,3-22H2,1-2H3,(H2,36,47)(H2,37,48)(H,38,44)(H,39,45)(H,40,49)(H,41,50)(H,42,51)/t25-,26-,27+/m1/s1. The van der Waals surface area contributed by atoms with E-state index in [9.17, 15) is 38.4 Å². The van der Waals surface area contributed by atoms with E-state index < -0.39 is 41.9 Å². The van der Waals surface area contributed by atoms with E-state index in [2.05, 4.69) is 36.1 Å². The van der Waals surface area contributed by atoms with Gasteiger partial charge in [-0.1, -0.05) is 12.8 Å². The Balaban J connectivity index is 1.88. The van der Waals surface area contributed by atoms with Crippen LogP contribution in [0.15, 0.2) is 0 Å². The molecule has 18 nitrogen and oxygen atoms in total. The number of carbonyl (C=O) groups is 8. The SMILES string of the molecule is COC(=O)NCCCC[C@H](NC(=O)OC)C(=O)NCCC(=O)N(CC(=O)NCCCC[C@@H](C(N)=O)C1CC1)CC(=O)NCCCC[C@@H](C(N)=O)C1CC1. The van der Waals surface area contributed by atoms with Crippen molar-refractivity contribution >= 4 is 47.6 Å². The monoisotopic (exact) mass is 752 g/mol. The van der Waals surface area contributed by atoms with E-state index in [0.717, 1.165) is 37.7 Å². The molecule has 0 radical (unpaired) electrons. The number of ether oxygens (including phenoxy) is 2. The Hall–Kier alpha value is -4.64. The third kappa shape index (κ3) is 19.1. The van der Waals surface area contributed by atoms with E-state index >= 15 is 0 Å². The topological polar surface area (TPSA) is 270 Å². The number of carbonyl (C=O) groups excluding carboxylic acids is 8. The molecule has 0 unspecified atom stereocenters. The van der Waals surface area contributed by atoms with Gasteiger partial charge < -0.3 is 52.4 Å². The highest BCUT2D eigenvalue weighted by Gasteiger charge is 2.35. The van der Waals surface area contributed by atoms with Gasteiger partial charge in [0, 0.05) is 44.4 Å². The number of alkyl carbamates (subject to hydrolysis) is 2. The van der Waals surface area contributed by atoms with Gasteiger partial charge in [0.1, 0.15) is 19.1 Å². The van der Waals surface area contributed by atoms with Gasteiger partial charge in [0.15, 0.2) is 0 Å². The zero-order chi connectivity index (χ0) is 39.2. The van der Waals surface area contributed by atoms with Gasteiger partial charge in [-0.15, -0.1) is 0 Å². The largest absolute Gasteiger partial charge is 0.453 e. The van der Waals surface area contributed by atoms with Crippen LogP contribution in [0, 0.1) is 23.7 Å². The zero-order valence-electron chi connectivity index (χ0n) is 31.2. The van der Waals surface area contributed by atoms with Crippen LogP contribution in [0.4, 0.5) is 9.59 Å². The first-order chi connectivity index (χ1) is 25.4. The molecule has 3 atom stereocenters.